The van der Waals surface area contributed by atoms with Crippen molar-refractivity contribution in [2.24, 2.45) is 0 Å². The number of nitrogens with zero attached hydrogens (tertiary/aromatic N) is 3. The first-order chi connectivity index (χ1) is 13.1. The summed E-state index contributed by atoms with van der Waals surface area (Å²) in [6.45, 7) is 1.89. The van der Waals surface area contributed by atoms with Crippen LogP contribution in [0.4, 0.5) is 0 Å². The number of likely N-dealkylation sites (tertiary alicyclic amines) is 1. The van der Waals surface area contributed by atoms with Gasteiger partial charge in [-0.15, -0.1) is 11.3 Å². The maximum Gasteiger partial charge on any atom is 0.271 e. The number of thiazole rings is 1. The van der Waals surface area contributed by atoms with E-state index in [0.29, 0.717) is 30.9 Å². The second kappa shape index (κ2) is 7.80. The van der Waals surface area contributed by atoms with Gasteiger partial charge in [0.15, 0.2) is 4.96 Å². The summed E-state index contributed by atoms with van der Waals surface area (Å²) in [5, 5.41) is 2.80. The SMILES string of the molecule is O=C(NCCCN1CCCC1=O)c1cnc2sc3c(n2c1=O)CCCCC3. The molecule has 1 aliphatic carbocycles. The van der Waals surface area contributed by atoms with Gasteiger partial charge < -0.3 is 10.2 Å². The van der Waals surface area contributed by atoms with Crippen LogP contribution in [0, 0.1) is 0 Å². The molecule has 2 aromatic rings. The molecule has 1 aliphatic heterocycles. The van der Waals surface area contributed by atoms with Crippen LogP contribution in [-0.2, 0) is 17.6 Å². The van der Waals surface area contributed by atoms with Crippen LogP contribution < -0.4 is 10.9 Å². The molecule has 27 heavy (non-hydrogen) atoms. The molecule has 0 saturated carbocycles. The van der Waals surface area contributed by atoms with Crippen molar-refractivity contribution in [1.29, 1.82) is 0 Å². The highest BCUT2D eigenvalue weighted by atomic mass is 32.1. The number of hydrogen-bond donors (Lipinski definition) is 1. The van der Waals surface area contributed by atoms with Gasteiger partial charge in [-0.1, -0.05) is 6.42 Å². The summed E-state index contributed by atoms with van der Waals surface area (Å²) in [7, 11) is 0. The van der Waals surface area contributed by atoms with Crippen molar-refractivity contribution in [3.05, 3.63) is 32.7 Å². The molecule has 2 aromatic heterocycles. The Morgan fingerprint density at radius 3 is 2.81 bits per heavy atom. The van der Waals surface area contributed by atoms with Gasteiger partial charge in [0.2, 0.25) is 5.91 Å². The lowest BCUT2D eigenvalue weighted by molar-refractivity contribution is -0.127. The van der Waals surface area contributed by atoms with Crippen LogP contribution in [0.1, 0.15) is 59.5 Å². The Hall–Kier alpha value is -2.22. The van der Waals surface area contributed by atoms with Crippen molar-refractivity contribution in [2.75, 3.05) is 19.6 Å². The summed E-state index contributed by atoms with van der Waals surface area (Å²) in [6.07, 6.45) is 8.85. The molecule has 8 heteroatoms. The smallest absolute Gasteiger partial charge is 0.271 e. The largest absolute Gasteiger partial charge is 0.352 e. The molecule has 0 unspecified atom stereocenters. The second-order valence-electron chi connectivity index (χ2n) is 7.22. The average Bonchev–Trinajstić information content (AvgIpc) is 3.15. The Labute approximate surface area is 161 Å². The Morgan fingerprint density at radius 1 is 1.15 bits per heavy atom. The molecule has 3 heterocycles. The zero-order valence-corrected chi connectivity index (χ0v) is 16.1. The van der Waals surface area contributed by atoms with Crippen molar-refractivity contribution in [2.45, 2.75) is 51.4 Å². The van der Waals surface area contributed by atoms with Crippen LogP contribution in [0.5, 0.6) is 0 Å². The van der Waals surface area contributed by atoms with E-state index >= 15 is 0 Å². The highest BCUT2D eigenvalue weighted by molar-refractivity contribution is 7.17. The quantitative estimate of drug-likeness (QED) is 0.625. The summed E-state index contributed by atoms with van der Waals surface area (Å²) in [4.78, 5) is 45.1. The molecule has 0 bridgehead atoms. The Morgan fingerprint density at radius 2 is 2.00 bits per heavy atom. The number of rotatable bonds is 5. The van der Waals surface area contributed by atoms with E-state index in [9.17, 15) is 14.4 Å². The van der Waals surface area contributed by atoms with E-state index in [1.54, 1.807) is 15.7 Å². The second-order valence-corrected chi connectivity index (χ2v) is 8.28. The van der Waals surface area contributed by atoms with E-state index in [1.807, 2.05) is 4.90 Å². The number of carbonyl (C=O) groups excluding carboxylic acids is 2. The Balaban J connectivity index is 1.45. The number of fused-ring (bicyclic) bond motifs is 3. The molecule has 1 saturated heterocycles. The van der Waals surface area contributed by atoms with Crippen LogP contribution in [-0.4, -0.2) is 45.7 Å². The first kappa shape index (κ1) is 18.2. The molecule has 4 rings (SSSR count). The Kier molecular flexibility index (Phi) is 5.24. The van der Waals surface area contributed by atoms with Crippen LogP contribution in [0.2, 0.25) is 0 Å². The minimum Gasteiger partial charge on any atom is -0.352 e. The minimum absolute atomic E-state index is 0.0922. The van der Waals surface area contributed by atoms with E-state index in [-0.39, 0.29) is 22.9 Å². The number of aromatic nitrogens is 2. The summed E-state index contributed by atoms with van der Waals surface area (Å²) in [5.74, 6) is -0.199. The first-order valence-corrected chi connectivity index (χ1v) is 10.5. The van der Waals surface area contributed by atoms with Gasteiger partial charge in [-0.2, -0.15) is 0 Å². The zero-order chi connectivity index (χ0) is 18.8. The van der Waals surface area contributed by atoms with Crippen LogP contribution in [0.3, 0.4) is 0 Å². The van der Waals surface area contributed by atoms with E-state index in [0.717, 1.165) is 44.3 Å². The molecule has 0 spiro atoms. The number of hydrogen-bond acceptors (Lipinski definition) is 5. The number of carbonyl (C=O) groups is 2. The molecule has 0 aromatic carbocycles. The molecular formula is C19H24N4O3S. The molecule has 1 fully saturated rings. The standard InChI is InChI=1S/C19H24N4O3S/c24-16-8-4-10-22(16)11-5-9-20-17(25)13-12-21-19-23(18(13)26)14-6-2-1-3-7-15(14)27-19/h12H,1-11H2,(H,20,25). The van der Waals surface area contributed by atoms with Gasteiger partial charge in [0, 0.05) is 42.8 Å². The molecule has 144 valence electrons. The third-order valence-electron chi connectivity index (χ3n) is 5.36. The average molecular weight is 388 g/mol. The lowest BCUT2D eigenvalue weighted by atomic mass is 10.2. The molecule has 0 radical (unpaired) electrons. The van der Waals surface area contributed by atoms with Crippen LogP contribution >= 0.6 is 11.3 Å². The van der Waals surface area contributed by atoms with Crippen molar-refractivity contribution in [3.8, 4) is 0 Å². The van der Waals surface area contributed by atoms with E-state index in [2.05, 4.69) is 10.3 Å². The third-order valence-corrected chi connectivity index (χ3v) is 6.52. The third kappa shape index (κ3) is 3.63. The summed E-state index contributed by atoms with van der Waals surface area (Å²) in [6, 6.07) is 0. The van der Waals surface area contributed by atoms with Crippen molar-refractivity contribution in [1.82, 2.24) is 19.6 Å². The van der Waals surface area contributed by atoms with Crippen molar-refractivity contribution >= 4 is 28.1 Å². The zero-order valence-electron chi connectivity index (χ0n) is 15.3. The first-order valence-electron chi connectivity index (χ1n) is 9.73. The molecule has 7 nitrogen and oxygen atoms in total. The lowest BCUT2D eigenvalue weighted by Gasteiger charge is -2.15. The Bertz CT molecular complexity index is 933. The number of nitrogens with one attached hydrogen (secondary N) is 1. The van der Waals surface area contributed by atoms with E-state index in [4.69, 9.17) is 0 Å². The van der Waals surface area contributed by atoms with Gasteiger partial charge >= 0.3 is 0 Å². The normalized spacial score (nSPS) is 17.2. The van der Waals surface area contributed by atoms with Gasteiger partial charge in [-0.3, -0.25) is 18.8 Å². The molecule has 2 amide bonds. The van der Waals surface area contributed by atoms with E-state index in [1.165, 1.54) is 17.5 Å². The minimum atomic E-state index is -0.386. The fraction of sp³-hybridized carbons (Fsp3) is 0.579. The number of aryl methyl sites for hydroxylation is 2. The molecule has 0 atom stereocenters. The van der Waals surface area contributed by atoms with Gasteiger partial charge in [-0.25, -0.2) is 4.98 Å². The summed E-state index contributed by atoms with van der Waals surface area (Å²) >= 11 is 1.57. The maximum atomic E-state index is 12.9. The predicted molar refractivity (Wildman–Crippen MR) is 103 cm³/mol. The monoisotopic (exact) mass is 388 g/mol. The van der Waals surface area contributed by atoms with E-state index < -0.39 is 0 Å². The lowest BCUT2D eigenvalue weighted by Crippen LogP contribution is -2.34. The summed E-state index contributed by atoms with van der Waals surface area (Å²) < 4.78 is 1.64. The van der Waals surface area contributed by atoms with Gasteiger partial charge in [0.25, 0.3) is 11.5 Å². The van der Waals surface area contributed by atoms with Gasteiger partial charge in [0.05, 0.1) is 0 Å². The van der Waals surface area contributed by atoms with Crippen molar-refractivity contribution < 1.29 is 9.59 Å². The van der Waals surface area contributed by atoms with Crippen LogP contribution in [0.25, 0.3) is 4.96 Å². The maximum absolute atomic E-state index is 12.9. The highest BCUT2D eigenvalue weighted by Gasteiger charge is 2.21. The van der Waals surface area contributed by atoms with Gasteiger partial charge in [-0.05, 0) is 38.5 Å². The predicted octanol–water partition coefficient (Wildman–Crippen LogP) is 1.77. The number of amides is 2. The topological polar surface area (TPSA) is 83.8 Å². The molecule has 1 N–H and O–H groups in total. The molecule has 2 aliphatic rings. The fourth-order valence-corrected chi connectivity index (χ4v) is 5.08. The van der Waals surface area contributed by atoms with Gasteiger partial charge in [0.1, 0.15) is 5.56 Å². The van der Waals surface area contributed by atoms with Crippen molar-refractivity contribution in [3.63, 3.8) is 0 Å². The fourth-order valence-electron chi connectivity index (χ4n) is 3.91. The summed E-state index contributed by atoms with van der Waals surface area (Å²) in [5.41, 5.74) is 0.855. The molecular weight excluding hydrogens is 364 g/mol. The highest BCUT2D eigenvalue weighted by Crippen LogP contribution is 2.27. The van der Waals surface area contributed by atoms with Crippen LogP contribution in [0.15, 0.2) is 11.0 Å².